The van der Waals surface area contributed by atoms with Crippen LogP contribution in [0.25, 0.3) is 10.9 Å². The number of carbonyl (C=O) groups excluding carboxylic acids is 4. The van der Waals surface area contributed by atoms with Gasteiger partial charge in [0.15, 0.2) is 0 Å². The summed E-state index contributed by atoms with van der Waals surface area (Å²) >= 11 is 0. The molecule has 3 heterocycles. The first kappa shape index (κ1) is 42.4. The number of nitrogens with one attached hydrogen (secondary N) is 5. The Balaban J connectivity index is 0.000000811. The molecule has 2 saturated heterocycles. The summed E-state index contributed by atoms with van der Waals surface area (Å²) in [5.74, 6) is -4.34. The number of nitrogens with zero attached hydrogens (tertiary/aromatic N) is 1. The average molecular weight is 793 g/mol. The molecular weight excluding hydrogens is 745 g/mol. The number of benzene rings is 3. The van der Waals surface area contributed by atoms with E-state index in [9.17, 15) is 32.3 Å². The number of carboxylic acids is 1. The number of likely N-dealkylation sites (N-methyl/N-ethyl adjacent to an activating group) is 1. The number of aromatic nitrogens is 1. The molecule has 0 unspecified atom stereocenters. The summed E-state index contributed by atoms with van der Waals surface area (Å²) in [6.45, 7) is 1.31. The lowest BCUT2D eigenvalue weighted by molar-refractivity contribution is -0.192. The summed E-state index contributed by atoms with van der Waals surface area (Å²) in [4.78, 5) is 70.3. The molecule has 0 bridgehead atoms. The number of para-hydroxylation sites is 1. The number of hydrogen-bond acceptors (Lipinski definition) is 7. The third kappa shape index (κ3) is 12.4. The quantitative estimate of drug-likeness (QED) is 0.157. The molecule has 0 spiro atoms. The van der Waals surface area contributed by atoms with Gasteiger partial charge in [-0.05, 0) is 49.1 Å². The van der Waals surface area contributed by atoms with Gasteiger partial charge in [0.1, 0.15) is 12.1 Å². The lowest BCUT2D eigenvalue weighted by Gasteiger charge is -2.36. The Morgan fingerprint density at radius 1 is 0.772 bits per heavy atom. The normalized spacial score (nSPS) is 21.6. The third-order valence-electron chi connectivity index (χ3n) is 10.0. The minimum atomic E-state index is -5.08. The average Bonchev–Trinajstić information content (AvgIpc) is 3.61. The second-order valence-corrected chi connectivity index (χ2v) is 14.1. The van der Waals surface area contributed by atoms with Crippen molar-refractivity contribution in [3.63, 3.8) is 0 Å². The lowest BCUT2D eigenvalue weighted by atomic mass is 9.99. The number of fused-ring (bicyclic) bond motifs is 1. The molecule has 1 aromatic heterocycles. The maximum Gasteiger partial charge on any atom is 0.490 e. The number of aromatic amines is 1. The van der Waals surface area contributed by atoms with Crippen LogP contribution in [-0.4, -0.2) is 108 Å². The van der Waals surface area contributed by atoms with Gasteiger partial charge >= 0.3 is 12.1 Å². The zero-order valence-corrected chi connectivity index (χ0v) is 31.4. The number of amides is 4. The van der Waals surface area contributed by atoms with Gasteiger partial charge in [-0.25, -0.2) is 4.79 Å². The first-order valence-corrected chi connectivity index (χ1v) is 18.7. The van der Waals surface area contributed by atoms with Crippen LogP contribution >= 0.6 is 0 Å². The Hall–Kier alpha value is -5.74. The Bertz CT molecular complexity index is 1970. The SMILES string of the molecule is CN(C1CCOCC1)[C@@H]1CC(=O)N[C@@H](Cc2c[nH]c3ccccc23)C(=O)N[C@@H](Cc2ccccc2)C(=O)N[C@H](Cc2ccccc2)CNC1=O.O=C(O)C(F)(F)F. The highest BCUT2D eigenvalue weighted by Crippen LogP contribution is 2.21. The van der Waals surface area contributed by atoms with Crippen LogP contribution in [0.3, 0.4) is 0 Å². The number of carboxylic acid groups (broad SMARTS) is 1. The molecule has 4 aromatic rings. The van der Waals surface area contributed by atoms with Crippen molar-refractivity contribution in [2.45, 2.75) is 74.9 Å². The van der Waals surface area contributed by atoms with Gasteiger partial charge in [-0.2, -0.15) is 13.2 Å². The number of aliphatic carboxylic acids is 1. The molecule has 6 rings (SSSR count). The van der Waals surface area contributed by atoms with E-state index in [0.29, 0.717) is 19.6 Å². The predicted molar refractivity (Wildman–Crippen MR) is 205 cm³/mol. The minimum Gasteiger partial charge on any atom is -0.475 e. The largest absolute Gasteiger partial charge is 0.490 e. The topological polar surface area (TPSA) is 182 Å². The highest BCUT2D eigenvalue weighted by Gasteiger charge is 2.38. The van der Waals surface area contributed by atoms with Gasteiger partial charge in [0, 0.05) is 55.7 Å². The first-order chi connectivity index (χ1) is 27.3. The van der Waals surface area contributed by atoms with E-state index in [0.717, 1.165) is 40.4 Å². The van der Waals surface area contributed by atoms with Gasteiger partial charge in [-0.15, -0.1) is 0 Å². The van der Waals surface area contributed by atoms with Gasteiger partial charge < -0.3 is 36.1 Å². The first-order valence-electron chi connectivity index (χ1n) is 18.7. The van der Waals surface area contributed by atoms with Crippen molar-refractivity contribution < 1.29 is 47.0 Å². The molecule has 0 aliphatic carbocycles. The number of rotatable bonds is 8. The number of carbonyl (C=O) groups is 5. The van der Waals surface area contributed by atoms with E-state index in [4.69, 9.17) is 14.6 Å². The number of halogens is 3. The Morgan fingerprint density at radius 2 is 1.33 bits per heavy atom. The fourth-order valence-corrected chi connectivity index (χ4v) is 6.97. The van der Waals surface area contributed by atoms with Crippen molar-refractivity contribution in [1.29, 1.82) is 0 Å². The lowest BCUT2D eigenvalue weighted by Crippen LogP contribution is -2.60. The van der Waals surface area contributed by atoms with E-state index < -0.39 is 48.1 Å². The van der Waals surface area contributed by atoms with Crippen LogP contribution in [0.15, 0.2) is 91.1 Å². The fourth-order valence-electron chi connectivity index (χ4n) is 6.97. The summed E-state index contributed by atoms with van der Waals surface area (Å²) < 4.78 is 37.3. The van der Waals surface area contributed by atoms with E-state index in [1.165, 1.54) is 0 Å². The van der Waals surface area contributed by atoms with Crippen LogP contribution in [-0.2, 0) is 48.0 Å². The van der Waals surface area contributed by atoms with Crippen LogP contribution in [0.1, 0.15) is 36.0 Å². The molecule has 4 atom stereocenters. The third-order valence-corrected chi connectivity index (χ3v) is 10.0. The fraction of sp³-hybridized carbons (Fsp3) is 0.390. The molecule has 0 saturated carbocycles. The Morgan fingerprint density at radius 3 is 1.96 bits per heavy atom. The van der Waals surface area contributed by atoms with Crippen LogP contribution in [0, 0.1) is 0 Å². The molecule has 0 radical (unpaired) electrons. The molecule has 3 aromatic carbocycles. The summed E-state index contributed by atoms with van der Waals surface area (Å²) in [6, 6.07) is 23.8. The van der Waals surface area contributed by atoms with Gasteiger partial charge in [0.05, 0.1) is 18.5 Å². The molecule has 16 heteroatoms. The maximum absolute atomic E-state index is 14.2. The zero-order chi connectivity index (χ0) is 41.0. The number of hydrogen-bond donors (Lipinski definition) is 6. The van der Waals surface area contributed by atoms with Crippen molar-refractivity contribution >= 4 is 40.5 Å². The standard InChI is InChI=1S/C39H46N6O5.C2HF3O2/c1-45(30-16-18-50-19-17-30)35-23-36(46)43-34(22-28-24-40-32-15-9-8-14-31(28)32)38(48)44-33(21-27-12-6-3-7-13-27)37(47)42-29(25-41-39(35)49)20-26-10-4-2-5-11-26;3-2(4,5)1(6)7/h2-15,24,29-30,33-35,40H,16-23,25H2,1H3,(H,41,49)(H,42,47)(H,43,46)(H,44,48);(H,6,7)/t29-,33+,34+,35-;/m1./s1. The molecule has 13 nitrogen and oxygen atoms in total. The van der Waals surface area contributed by atoms with E-state index in [2.05, 4.69) is 26.3 Å². The number of alkyl halides is 3. The van der Waals surface area contributed by atoms with Crippen molar-refractivity contribution in [3.05, 3.63) is 108 Å². The highest BCUT2D eigenvalue weighted by atomic mass is 19.4. The second kappa shape index (κ2) is 19.9. The van der Waals surface area contributed by atoms with Gasteiger partial charge in [-0.3, -0.25) is 24.1 Å². The molecule has 304 valence electrons. The monoisotopic (exact) mass is 792 g/mol. The van der Waals surface area contributed by atoms with Crippen LogP contribution < -0.4 is 21.3 Å². The number of ether oxygens (including phenoxy) is 1. The Labute approximate surface area is 327 Å². The summed E-state index contributed by atoms with van der Waals surface area (Å²) in [5, 5.41) is 20.2. The molecule has 2 aliphatic heterocycles. The van der Waals surface area contributed by atoms with Crippen LogP contribution in [0.4, 0.5) is 13.2 Å². The van der Waals surface area contributed by atoms with Crippen molar-refractivity contribution in [3.8, 4) is 0 Å². The molecule has 2 aliphatic rings. The highest BCUT2D eigenvalue weighted by molar-refractivity contribution is 5.95. The molecule has 6 N–H and O–H groups in total. The minimum absolute atomic E-state index is 0.0510. The van der Waals surface area contributed by atoms with Crippen LogP contribution in [0.5, 0.6) is 0 Å². The maximum atomic E-state index is 14.2. The molecule has 2 fully saturated rings. The van der Waals surface area contributed by atoms with Crippen LogP contribution in [0.2, 0.25) is 0 Å². The summed E-state index contributed by atoms with van der Waals surface area (Å²) in [6.07, 6.45) is -1.01. The van der Waals surface area contributed by atoms with Crippen molar-refractivity contribution in [1.82, 2.24) is 31.2 Å². The Kier molecular flexibility index (Phi) is 14.8. The molecular formula is C41H47F3N6O7. The van der Waals surface area contributed by atoms with E-state index in [1.807, 2.05) is 103 Å². The second-order valence-electron chi connectivity index (χ2n) is 14.1. The van der Waals surface area contributed by atoms with Gasteiger partial charge in [0.25, 0.3) is 0 Å². The molecule has 4 amide bonds. The van der Waals surface area contributed by atoms with E-state index in [1.54, 1.807) is 0 Å². The van der Waals surface area contributed by atoms with Crippen molar-refractivity contribution in [2.24, 2.45) is 0 Å². The zero-order valence-electron chi connectivity index (χ0n) is 31.4. The van der Waals surface area contributed by atoms with Gasteiger partial charge in [0.2, 0.25) is 23.6 Å². The van der Waals surface area contributed by atoms with E-state index in [-0.39, 0.29) is 43.7 Å². The number of H-pyrrole nitrogens is 1. The smallest absolute Gasteiger partial charge is 0.475 e. The molecule has 57 heavy (non-hydrogen) atoms. The van der Waals surface area contributed by atoms with Gasteiger partial charge in [-0.1, -0.05) is 78.9 Å². The van der Waals surface area contributed by atoms with E-state index >= 15 is 0 Å². The predicted octanol–water partition coefficient (Wildman–Crippen LogP) is 3.28. The van der Waals surface area contributed by atoms with Crippen molar-refractivity contribution in [2.75, 3.05) is 26.8 Å². The summed E-state index contributed by atoms with van der Waals surface area (Å²) in [7, 11) is 1.87. The summed E-state index contributed by atoms with van der Waals surface area (Å²) in [5.41, 5.74) is 3.63.